The monoisotopic (exact) mass is 242 g/mol. The average Bonchev–Trinajstić information content (AvgIpc) is 2.09. The molecule has 1 rings (SSSR count). The van der Waals surface area contributed by atoms with Crippen molar-refractivity contribution in [1.29, 1.82) is 5.26 Å². The van der Waals surface area contributed by atoms with Crippen LogP contribution in [0.5, 0.6) is 5.75 Å². The second kappa shape index (κ2) is 3.41. The Labute approximate surface area is 81.5 Å². The maximum Gasteiger partial charge on any atom is 0.272 e. The van der Waals surface area contributed by atoms with Crippen LogP contribution in [0, 0.1) is 21.4 Å². The summed E-state index contributed by atoms with van der Waals surface area (Å²) >= 11 is 2.90. The fourth-order valence-electron chi connectivity index (χ4n) is 0.775. The van der Waals surface area contributed by atoms with Gasteiger partial charge in [-0.15, -0.1) is 0 Å². The number of nitrogens with zero attached hydrogens (tertiary/aromatic N) is 2. The Balaban J connectivity index is 3.41. The van der Waals surface area contributed by atoms with Crippen molar-refractivity contribution < 1.29 is 10.0 Å². The maximum atomic E-state index is 10.3. The summed E-state index contributed by atoms with van der Waals surface area (Å²) in [6.45, 7) is 0. The van der Waals surface area contributed by atoms with Crippen LogP contribution < -0.4 is 0 Å². The normalized spacial score (nSPS) is 9.23. The molecule has 6 heteroatoms. The van der Waals surface area contributed by atoms with Gasteiger partial charge in [-0.3, -0.25) is 10.1 Å². The number of phenols is 1. The van der Waals surface area contributed by atoms with Crippen LogP contribution in [0.25, 0.3) is 0 Å². The summed E-state index contributed by atoms with van der Waals surface area (Å²) in [7, 11) is 0. The molecular formula is C7H3BrN2O3. The summed E-state index contributed by atoms with van der Waals surface area (Å²) in [6, 6.07) is 3.80. The summed E-state index contributed by atoms with van der Waals surface area (Å²) in [4.78, 5) is 9.69. The number of halogens is 1. The number of nitro groups is 1. The summed E-state index contributed by atoms with van der Waals surface area (Å²) in [5.74, 6) is -0.284. The highest BCUT2D eigenvalue weighted by atomic mass is 79.9. The van der Waals surface area contributed by atoms with Crippen LogP contribution in [0.3, 0.4) is 0 Å². The minimum atomic E-state index is -0.634. The predicted molar refractivity (Wildman–Crippen MR) is 47.2 cm³/mol. The van der Waals surface area contributed by atoms with Crippen molar-refractivity contribution in [1.82, 2.24) is 0 Å². The number of hydrogen-bond donors (Lipinski definition) is 1. The highest BCUT2D eigenvalue weighted by molar-refractivity contribution is 9.10. The van der Waals surface area contributed by atoms with Crippen LogP contribution in [0.2, 0.25) is 0 Å². The van der Waals surface area contributed by atoms with Crippen molar-refractivity contribution in [2.24, 2.45) is 0 Å². The van der Waals surface area contributed by atoms with Crippen LogP contribution in [0.1, 0.15) is 5.56 Å². The first-order valence-electron chi connectivity index (χ1n) is 3.13. The summed E-state index contributed by atoms with van der Waals surface area (Å²) in [6.07, 6.45) is 0. The van der Waals surface area contributed by atoms with E-state index in [-0.39, 0.29) is 21.5 Å². The highest BCUT2D eigenvalue weighted by Gasteiger charge is 2.13. The third kappa shape index (κ3) is 1.76. The Morgan fingerprint density at radius 3 is 2.69 bits per heavy atom. The van der Waals surface area contributed by atoms with E-state index in [1.165, 1.54) is 0 Å². The Hall–Kier alpha value is -1.61. The molecule has 0 unspecified atom stereocenters. The molecule has 0 saturated heterocycles. The third-order valence-corrected chi connectivity index (χ3v) is 1.98. The molecule has 1 aromatic carbocycles. The molecule has 66 valence electrons. The van der Waals surface area contributed by atoms with E-state index >= 15 is 0 Å². The second-order valence-corrected chi connectivity index (χ2v) is 3.05. The smallest absolute Gasteiger partial charge is 0.272 e. The Morgan fingerprint density at radius 2 is 2.23 bits per heavy atom. The van der Waals surface area contributed by atoms with Crippen molar-refractivity contribution in [2.45, 2.75) is 0 Å². The molecule has 5 nitrogen and oxygen atoms in total. The maximum absolute atomic E-state index is 10.3. The van der Waals surface area contributed by atoms with E-state index in [4.69, 9.17) is 5.26 Å². The van der Waals surface area contributed by atoms with E-state index in [9.17, 15) is 15.2 Å². The van der Waals surface area contributed by atoms with Gasteiger partial charge in [-0.2, -0.15) is 5.26 Å². The fourth-order valence-corrected chi connectivity index (χ4v) is 1.22. The van der Waals surface area contributed by atoms with Crippen molar-refractivity contribution in [3.63, 3.8) is 0 Å². The Bertz CT molecular complexity index is 411. The van der Waals surface area contributed by atoms with E-state index in [0.717, 1.165) is 12.1 Å². The molecule has 0 amide bonds. The van der Waals surface area contributed by atoms with Gasteiger partial charge in [0.15, 0.2) is 0 Å². The molecule has 0 aromatic heterocycles. The number of nitro benzene ring substituents is 1. The molecule has 0 aliphatic rings. The first kappa shape index (κ1) is 9.48. The zero-order valence-corrected chi connectivity index (χ0v) is 7.78. The van der Waals surface area contributed by atoms with E-state index in [2.05, 4.69) is 15.9 Å². The lowest BCUT2D eigenvalue weighted by Gasteiger charge is -1.98. The molecule has 0 saturated carbocycles. The van der Waals surface area contributed by atoms with Gasteiger partial charge in [-0.1, -0.05) is 0 Å². The van der Waals surface area contributed by atoms with Gasteiger partial charge in [0.1, 0.15) is 17.4 Å². The minimum Gasteiger partial charge on any atom is -0.505 e. The molecule has 0 fully saturated rings. The van der Waals surface area contributed by atoms with Gasteiger partial charge in [-0.05, 0) is 15.9 Å². The zero-order chi connectivity index (χ0) is 10.0. The topological polar surface area (TPSA) is 87.2 Å². The Morgan fingerprint density at radius 1 is 1.62 bits per heavy atom. The van der Waals surface area contributed by atoms with Gasteiger partial charge in [0.05, 0.1) is 9.40 Å². The van der Waals surface area contributed by atoms with E-state index in [1.807, 2.05) is 0 Å². The average molecular weight is 243 g/mol. The summed E-state index contributed by atoms with van der Waals surface area (Å²) in [5.41, 5.74) is -0.359. The van der Waals surface area contributed by atoms with Gasteiger partial charge in [0, 0.05) is 12.1 Å². The predicted octanol–water partition coefficient (Wildman–Crippen LogP) is 1.93. The van der Waals surface area contributed by atoms with Crippen LogP contribution in [0.15, 0.2) is 16.6 Å². The molecule has 0 atom stereocenters. The Kier molecular flexibility index (Phi) is 2.49. The van der Waals surface area contributed by atoms with Gasteiger partial charge in [0.2, 0.25) is 0 Å². The number of phenolic OH excluding ortho intramolecular Hbond substituents is 1. The summed E-state index contributed by atoms with van der Waals surface area (Å²) < 4.78 is 0.137. The van der Waals surface area contributed by atoms with Crippen LogP contribution in [0.4, 0.5) is 5.69 Å². The molecule has 0 bridgehead atoms. The lowest BCUT2D eigenvalue weighted by molar-refractivity contribution is -0.385. The molecule has 1 aromatic rings. The quantitative estimate of drug-likeness (QED) is 0.602. The van der Waals surface area contributed by atoms with Gasteiger partial charge in [0.25, 0.3) is 5.69 Å². The molecule has 13 heavy (non-hydrogen) atoms. The van der Waals surface area contributed by atoms with Crippen LogP contribution in [-0.2, 0) is 0 Å². The third-order valence-electron chi connectivity index (χ3n) is 1.38. The lowest BCUT2D eigenvalue weighted by atomic mass is 10.2. The molecule has 0 heterocycles. The number of hydrogen-bond acceptors (Lipinski definition) is 4. The van der Waals surface area contributed by atoms with Gasteiger partial charge >= 0.3 is 0 Å². The van der Waals surface area contributed by atoms with Crippen LogP contribution in [-0.4, -0.2) is 10.0 Å². The number of benzene rings is 1. The molecule has 0 spiro atoms. The SMILES string of the molecule is N#Cc1cc([N+](=O)[O-])cc(Br)c1O. The van der Waals surface area contributed by atoms with Crippen LogP contribution >= 0.6 is 15.9 Å². The first-order valence-corrected chi connectivity index (χ1v) is 3.92. The molecule has 0 aliphatic carbocycles. The van der Waals surface area contributed by atoms with E-state index in [0.29, 0.717) is 0 Å². The van der Waals surface area contributed by atoms with Gasteiger partial charge < -0.3 is 5.11 Å². The molecule has 1 N–H and O–H groups in total. The molecular weight excluding hydrogens is 240 g/mol. The van der Waals surface area contributed by atoms with E-state index in [1.54, 1.807) is 6.07 Å². The number of nitriles is 1. The molecule has 0 aliphatic heterocycles. The largest absolute Gasteiger partial charge is 0.505 e. The standard InChI is InChI=1S/C7H3BrN2O3/c8-6-2-5(10(12)13)1-4(3-9)7(6)11/h1-2,11H. The number of non-ortho nitro benzene ring substituents is 1. The zero-order valence-electron chi connectivity index (χ0n) is 6.19. The fraction of sp³-hybridized carbons (Fsp3) is 0. The number of aromatic hydroxyl groups is 1. The van der Waals surface area contributed by atoms with E-state index < -0.39 is 4.92 Å². The van der Waals surface area contributed by atoms with Crippen molar-refractivity contribution in [3.8, 4) is 11.8 Å². The minimum absolute atomic E-state index is 0.124. The lowest BCUT2D eigenvalue weighted by Crippen LogP contribution is -1.89. The highest BCUT2D eigenvalue weighted by Crippen LogP contribution is 2.31. The second-order valence-electron chi connectivity index (χ2n) is 2.19. The number of rotatable bonds is 1. The van der Waals surface area contributed by atoms with Crippen molar-refractivity contribution in [2.75, 3.05) is 0 Å². The van der Waals surface area contributed by atoms with Crippen molar-refractivity contribution >= 4 is 21.6 Å². The molecule has 0 radical (unpaired) electrons. The first-order chi connectivity index (χ1) is 6.06. The summed E-state index contributed by atoms with van der Waals surface area (Å²) in [5, 5.41) is 28.0. The van der Waals surface area contributed by atoms with Crippen molar-refractivity contribution in [3.05, 3.63) is 32.3 Å². The van der Waals surface area contributed by atoms with Gasteiger partial charge in [-0.25, -0.2) is 0 Å².